The standard InChI is InChI=1S/C40H36/c1-39(38-19-9-18-35-32-15-7-3-11-27(32)22-37(35)38)24-30-20-28(23-40(30,25-39)29-12-4-5-13-29)33-16-8-17-34-31-14-6-2-10-26(31)21-36(33)34/h2-12,14-19,28,30H,13,20-25H2,1H3. The van der Waals surface area contributed by atoms with E-state index >= 15 is 0 Å². The van der Waals surface area contributed by atoms with Crippen LogP contribution >= 0.6 is 0 Å². The van der Waals surface area contributed by atoms with Crippen LogP contribution in [0.15, 0.2) is 109 Å². The second kappa shape index (κ2) is 8.20. The second-order valence-corrected chi connectivity index (χ2v) is 13.6. The fourth-order valence-electron chi connectivity index (χ4n) is 10.1. The Labute approximate surface area is 238 Å². The molecule has 0 amide bonds. The van der Waals surface area contributed by atoms with E-state index in [0.29, 0.717) is 11.3 Å². The van der Waals surface area contributed by atoms with Crippen LogP contribution < -0.4 is 0 Å². The molecule has 40 heavy (non-hydrogen) atoms. The molecule has 4 aromatic rings. The summed E-state index contributed by atoms with van der Waals surface area (Å²) in [5.41, 5.74) is 17.7. The van der Waals surface area contributed by atoms with Gasteiger partial charge >= 0.3 is 0 Å². The van der Waals surface area contributed by atoms with Crippen molar-refractivity contribution in [3.05, 3.63) is 142 Å². The van der Waals surface area contributed by atoms with Gasteiger partial charge in [0.2, 0.25) is 0 Å². The molecule has 5 aliphatic carbocycles. The van der Waals surface area contributed by atoms with Crippen LogP contribution in [0.2, 0.25) is 0 Å². The molecule has 196 valence electrons. The van der Waals surface area contributed by atoms with Crippen LogP contribution in [-0.4, -0.2) is 0 Å². The predicted octanol–water partition coefficient (Wildman–Crippen LogP) is 9.95. The molecule has 0 spiro atoms. The van der Waals surface area contributed by atoms with Crippen LogP contribution in [0.4, 0.5) is 0 Å². The highest BCUT2D eigenvalue weighted by Crippen LogP contribution is 2.69. The van der Waals surface area contributed by atoms with Crippen molar-refractivity contribution < 1.29 is 0 Å². The summed E-state index contributed by atoms with van der Waals surface area (Å²) in [6.45, 7) is 2.61. The molecule has 0 aromatic heterocycles. The first-order valence-electron chi connectivity index (χ1n) is 15.4. The van der Waals surface area contributed by atoms with Gasteiger partial charge in [0.25, 0.3) is 0 Å². The molecule has 2 fully saturated rings. The number of hydrogen-bond acceptors (Lipinski definition) is 0. The fraction of sp³-hybridized carbons (Fsp3) is 0.300. The SMILES string of the molecule is CC1(c2cccc3c2Cc2ccccc2-3)CC2CC(c3cccc4c3Cc3ccccc3-4)CC2(C2=CC=CC2)C1. The van der Waals surface area contributed by atoms with E-state index in [-0.39, 0.29) is 5.41 Å². The van der Waals surface area contributed by atoms with E-state index < -0.39 is 0 Å². The van der Waals surface area contributed by atoms with Crippen molar-refractivity contribution in [2.24, 2.45) is 11.3 Å². The Hall–Kier alpha value is -3.64. The van der Waals surface area contributed by atoms with Crippen LogP contribution in [0.1, 0.15) is 78.3 Å². The first kappa shape index (κ1) is 23.1. The first-order chi connectivity index (χ1) is 19.6. The highest BCUT2D eigenvalue weighted by molar-refractivity contribution is 5.79. The van der Waals surface area contributed by atoms with Gasteiger partial charge in [-0.05, 0) is 123 Å². The van der Waals surface area contributed by atoms with Crippen molar-refractivity contribution in [2.45, 2.75) is 63.2 Å². The molecule has 0 aliphatic heterocycles. The molecular formula is C40H36. The highest BCUT2D eigenvalue weighted by atomic mass is 14.6. The Morgan fingerprint density at radius 3 is 2.10 bits per heavy atom. The fourth-order valence-corrected chi connectivity index (χ4v) is 10.1. The van der Waals surface area contributed by atoms with Gasteiger partial charge in [-0.3, -0.25) is 0 Å². The predicted molar refractivity (Wildman–Crippen MR) is 166 cm³/mol. The maximum atomic E-state index is 2.61. The summed E-state index contributed by atoms with van der Waals surface area (Å²) in [5, 5.41) is 0. The lowest BCUT2D eigenvalue weighted by molar-refractivity contribution is 0.291. The molecule has 9 rings (SSSR count). The largest absolute Gasteiger partial charge is 0.0804 e. The minimum absolute atomic E-state index is 0.224. The third kappa shape index (κ3) is 3.08. The van der Waals surface area contributed by atoms with E-state index in [0.717, 1.165) is 25.2 Å². The average Bonchev–Trinajstić information content (AvgIpc) is 3.79. The van der Waals surface area contributed by atoms with Gasteiger partial charge in [0.05, 0.1) is 0 Å². The molecule has 0 saturated heterocycles. The van der Waals surface area contributed by atoms with Crippen LogP contribution in [0.5, 0.6) is 0 Å². The molecular weight excluding hydrogens is 480 g/mol. The van der Waals surface area contributed by atoms with Gasteiger partial charge in [0.15, 0.2) is 0 Å². The van der Waals surface area contributed by atoms with E-state index in [1.807, 2.05) is 0 Å². The Kier molecular flexibility index (Phi) is 4.73. The number of allylic oxidation sites excluding steroid dienone is 4. The normalized spacial score (nSPS) is 28.7. The molecule has 2 saturated carbocycles. The lowest BCUT2D eigenvalue weighted by Gasteiger charge is -2.35. The number of benzene rings is 4. The molecule has 0 N–H and O–H groups in total. The third-order valence-corrected chi connectivity index (χ3v) is 11.6. The molecule has 0 radical (unpaired) electrons. The van der Waals surface area contributed by atoms with Crippen molar-refractivity contribution >= 4 is 0 Å². The van der Waals surface area contributed by atoms with E-state index in [1.54, 1.807) is 27.8 Å². The minimum Gasteiger partial charge on any atom is -0.0804 e. The van der Waals surface area contributed by atoms with Gasteiger partial charge in [-0.2, -0.15) is 0 Å². The zero-order valence-corrected chi connectivity index (χ0v) is 23.4. The van der Waals surface area contributed by atoms with Crippen molar-refractivity contribution in [2.75, 3.05) is 0 Å². The number of rotatable bonds is 3. The smallest absolute Gasteiger partial charge is 0.00105 e. The molecule has 0 heteroatoms. The van der Waals surface area contributed by atoms with E-state index in [9.17, 15) is 0 Å². The quantitative estimate of drug-likeness (QED) is 0.219. The molecule has 0 bridgehead atoms. The summed E-state index contributed by atoms with van der Waals surface area (Å²) in [6, 6.07) is 32.5. The highest BCUT2D eigenvalue weighted by Gasteiger charge is 2.59. The summed E-state index contributed by atoms with van der Waals surface area (Å²) in [6.07, 6.45) is 15.8. The minimum atomic E-state index is 0.224. The maximum absolute atomic E-state index is 2.61. The Morgan fingerprint density at radius 1 is 0.675 bits per heavy atom. The molecule has 4 unspecified atom stereocenters. The first-order valence-corrected chi connectivity index (χ1v) is 15.4. The van der Waals surface area contributed by atoms with Crippen molar-refractivity contribution in [1.29, 1.82) is 0 Å². The summed E-state index contributed by atoms with van der Waals surface area (Å²) in [7, 11) is 0. The topological polar surface area (TPSA) is 0 Å². The van der Waals surface area contributed by atoms with E-state index in [1.165, 1.54) is 59.1 Å². The van der Waals surface area contributed by atoms with Crippen LogP contribution in [0.25, 0.3) is 22.3 Å². The van der Waals surface area contributed by atoms with Gasteiger partial charge < -0.3 is 0 Å². The van der Waals surface area contributed by atoms with Crippen molar-refractivity contribution in [3.63, 3.8) is 0 Å². The zero-order valence-electron chi connectivity index (χ0n) is 23.4. The van der Waals surface area contributed by atoms with Crippen LogP contribution in [0, 0.1) is 11.3 Å². The molecule has 4 aromatic carbocycles. The Balaban J connectivity index is 1.10. The molecule has 0 nitrogen and oxygen atoms in total. The zero-order chi connectivity index (χ0) is 26.5. The molecule has 0 heterocycles. The van der Waals surface area contributed by atoms with Crippen molar-refractivity contribution in [1.82, 2.24) is 0 Å². The maximum Gasteiger partial charge on any atom is -0.00105 e. The van der Waals surface area contributed by atoms with E-state index in [2.05, 4.69) is 110 Å². The summed E-state index contributed by atoms with van der Waals surface area (Å²) in [4.78, 5) is 0. The van der Waals surface area contributed by atoms with Gasteiger partial charge in [-0.1, -0.05) is 116 Å². The van der Waals surface area contributed by atoms with Gasteiger partial charge in [0.1, 0.15) is 0 Å². The van der Waals surface area contributed by atoms with Crippen LogP contribution in [-0.2, 0) is 18.3 Å². The Bertz CT molecular complexity index is 1760. The second-order valence-electron chi connectivity index (χ2n) is 13.6. The van der Waals surface area contributed by atoms with Gasteiger partial charge in [-0.15, -0.1) is 0 Å². The number of fused-ring (bicyclic) bond motifs is 7. The molecule has 4 atom stereocenters. The van der Waals surface area contributed by atoms with E-state index in [4.69, 9.17) is 0 Å². The van der Waals surface area contributed by atoms with Gasteiger partial charge in [-0.25, -0.2) is 0 Å². The number of hydrogen-bond donors (Lipinski definition) is 0. The molecule has 5 aliphatic rings. The summed E-state index contributed by atoms with van der Waals surface area (Å²) >= 11 is 0. The lowest BCUT2D eigenvalue weighted by atomic mass is 9.69. The summed E-state index contributed by atoms with van der Waals surface area (Å²) < 4.78 is 0. The van der Waals surface area contributed by atoms with Crippen LogP contribution in [0.3, 0.4) is 0 Å². The Morgan fingerprint density at radius 2 is 1.35 bits per heavy atom. The van der Waals surface area contributed by atoms with Crippen molar-refractivity contribution in [3.8, 4) is 22.3 Å². The lowest BCUT2D eigenvalue weighted by Crippen LogP contribution is -2.26. The average molecular weight is 517 g/mol. The third-order valence-electron chi connectivity index (χ3n) is 11.6. The monoisotopic (exact) mass is 516 g/mol. The van der Waals surface area contributed by atoms with Gasteiger partial charge in [0, 0.05) is 0 Å². The summed E-state index contributed by atoms with van der Waals surface area (Å²) in [5.74, 6) is 1.40.